The molecule has 5 heteroatoms. The van der Waals surface area contributed by atoms with Crippen molar-refractivity contribution in [1.82, 2.24) is 10.6 Å². The Bertz CT molecular complexity index is 379. The third kappa shape index (κ3) is 4.19. The molecular weight excluding hydrogens is 259 g/mol. The van der Waals surface area contributed by atoms with Gasteiger partial charge in [-0.15, -0.1) is 12.4 Å². The topological polar surface area (TPSA) is 41.1 Å². The molecule has 17 heavy (non-hydrogen) atoms. The summed E-state index contributed by atoms with van der Waals surface area (Å²) in [4.78, 5) is 11.9. The molecule has 94 valence electrons. The van der Waals surface area contributed by atoms with Gasteiger partial charge >= 0.3 is 0 Å². The molecule has 1 aliphatic rings. The van der Waals surface area contributed by atoms with Gasteiger partial charge in [-0.1, -0.05) is 17.7 Å². The van der Waals surface area contributed by atoms with Crippen molar-refractivity contribution in [2.45, 2.75) is 18.9 Å². The second-order valence-electron chi connectivity index (χ2n) is 4.03. The standard InChI is InChI=1S/C12H15ClN2O.ClH/c13-10-4-1-3-9(7-10)12(16)15-11-5-2-6-14-8-11;/h1,3-4,7,11,14H,2,5-6,8H2,(H,15,16);1H/t11-;/m1./s1. The van der Waals surface area contributed by atoms with Crippen LogP contribution in [0.25, 0.3) is 0 Å². The fourth-order valence-corrected chi connectivity index (χ4v) is 2.06. The van der Waals surface area contributed by atoms with Crippen molar-refractivity contribution in [3.63, 3.8) is 0 Å². The van der Waals surface area contributed by atoms with E-state index in [9.17, 15) is 4.79 Å². The van der Waals surface area contributed by atoms with E-state index in [1.807, 2.05) is 0 Å². The van der Waals surface area contributed by atoms with Crippen LogP contribution in [-0.2, 0) is 0 Å². The first-order valence-corrected chi connectivity index (χ1v) is 5.90. The summed E-state index contributed by atoms with van der Waals surface area (Å²) >= 11 is 5.84. The molecule has 0 saturated carbocycles. The third-order valence-corrected chi connectivity index (χ3v) is 2.95. The predicted octanol–water partition coefficient (Wildman–Crippen LogP) is 2.24. The fourth-order valence-electron chi connectivity index (χ4n) is 1.87. The van der Waals surface area contributed by atoms with Gasteiger partial charge in [0.2, 0.25) is 0 Å². The molecule has 1 saturated heterocycles. The Morgan fingerprint density at radius 3 is 2.94 bits per heavy atom. The van der Waals surface area contributed by atoms with Gasteiger partial charge in [-0.3, -0.25) is 4.79 Å². The van der Waals surface area contributed by atoms with E-state index in [0.29, 0.717) is 10.6 Å². The van der Waals surface area contributed by atoms with Gasteiger partial charge in [0.25, 0.3) is 5.91 Å². The maximum absolute atomic E-state index is 11.9. The van der Waals surface area contributed by atoms with E-state index >= 15 is 0 Å². The Kier molecular flexibility index (Phi) is 5.75. The van der Waals surface area contributed by atoms with Gasteiger partial charge in [-0.2, -0.15) is 0 Å². The molecule has 0 aliphatic carbocycles. The molecule has 0 aromatic heterocycles. The average Bonchev–Trinajstić information content (AvgIpc) is 2.30. The number of hydrogen-bond donors (Lipinski definition) is 2. The molecular formula is C12H16Cl2N2O. The molecule has 0 spiro atoms. The number of nitrogens with one attached hydrogen (secondary N) is 2. The van der Waals surface area contributed by atoms with Crippen LogP contribution >= 0.6 is 24.0 Å². The quantitative estimate of drug-likeness (QED) is 0.869. The van der Waals surface area contributed by atoms with Crippen LogP contribution in [0.2, 0.25) is 5.02 Å². The van der Waals surface area contributed by atoms with E-state index in [1.165, 1.54) is 0 Å². The maximum atomic E-state index is 11.9. The second-order valence-corrected chi connectivity index (χ2v) is 4.46. The van der Waals surface area contributed by atoms with E-state index in [1.54, 1.807) is 24.3 Å². The average molecular weight is 275 g/mol. The summed E-state index contributed by atoms with van der Waals surface area (Å²) in [6, 6.07) is 7.25. The highest BCUT2D eigenvalue weighted by Crippen LogP contribution is 2.11. The van der Waals surface area contributed by atoms with Crippen LogP contribution in [0.5, 0.6) is 0 Å². The molecule has 1 aromatic carbocycles. The van der Waals surface area contributed by atoms with Crippen molar-refractivity contribution < 1.29 is 4.79 Å². The Labute approximate surface area is 112 Å². The van der Waals surface area contributed by atoms with E-state index < -0.39 is 0 Å². The van der Waals surface area contributed by atoms with E-state index in [-0.39, 0.29) is 24.4 Å². The van der Waals surface area contributed by atoms with Gasteiger partial charge < -0.3 is 10.6 Å². The SMILES string of the molecule is Cl.O=C(N[C@@H]1CCCNC1)c1cccc(Cl)c1. The molecule has 1 heterocycles. The monoisotopic (exact) mass is 274 g/mol. The summed E-state index contributed by atoms with van der Waals surface area (Å²) < 4.78 is 0. The summed E-state index contributed by atoms with van der Waals surface area (Å²) in [5, 5.41) is 6.86. The van der Waals surface area contributed by atoms with Crippen molar-refractivity contribution in [3.05, 3.63) is 34.9 Å². The van der Waals surface area contributed by atoms with E-state index in [0.717, 1.165) is 25.9 Å². The molecule has 2 N–H and O–H groups in total. The molecule has 3 nitrogen and oxygen atoms in total. The van der Waals surface area contributed by atoms with Crippen LogP contribution in [0.15, 0.2) is 24.3 Å². The molecule has 1 aromatic rings. The van der Waals surface area contributed by atoms with Gasteiger partial charge in [-0.25, -0.2) is 0 Å². The van der Waals surface area contributed by atoms with Gasteiger partial charge in [0.05, 0.1) is 0 Å². The highest BCUT2D eigenvalue weighted by Gasteiger charge is 2.16. The zero-order valence-corrected chi connectivity index (χ0v) is 11.0. The smallest absolute Gasteiger partial charge is 0.251 e. The number of amides is 1. The summed E-state index contributed by atoms with van der Waals surface area (Å²) in [7, 11) is 0. The zero-order valence-electron chi connectivity index (χ0n) is 9.41. The third-order valence-electron chi connectivity index (χ3n) is 2.72. The number of halogens is 2. The van der Waals surface area contributed by atoms with Crippen LogP contribution < -0.4 is 10.6 Å². The summed E-state index contributed by atoms with van der Waals surface area (Å²) in [5.74, 6) is -0.0452. The Morgan fingerprint density at radius 1 is 1.47 bits per heavy atom. The minimum absolute atomic E-state index is 0. The predicted molar refractivity (Wildman–Crippen MR) is 72.1 cm³/mol. The lowest BCUT2D eigenvalue weighted by molar-refractivity contribution is 0.0930. The van der Waals surface area contributed by atoms with E-state index in [4.69, 9.17) is 11.6 Å². The summed E-state index contributed by atoms with van der Waals surface area (Å²) in [6.07, 6.45) is 2.15. The number of carbonyl (C=O) groups excluding carboxylic acids is 1. The van der Waals surface area contributed by atoms with E-state index in [2.05, 4.69) is 10.6 Å². The normalized spacial score (nSPS) is 19.2. The number of piperidine rings is 1. The van der Waals surface area contributed by atoms with Crippen molar-refractivity contribution in [2.24, 2.45) is 0 Å². The van der Waals surface area contributed by atoms with Crippen LogP contribution in [0, 0.1) is 0 Å². The molecule has 1 aliphatic heterocycles. The number of carbonyl (C=O) groups is 1. The Morgan fingerprint density at radius 2 is 2.29 bits per heavy atom. The molecule has 0 radical (unpaired) electrons. The lowest BCUT2D eigenvalue weighted by atomic mass is 10.1. The van der Waals surface area contributed by atoms with Gasteiger partial charge in [0.15, 0.2) is 0 Å². The molecule has 1 atom stereocenters. The highest BCUT2D eigenvalue weighted by atomic mass is 35.5. The van der Waals surface area contributed by atoms with Crippen molar-refractivity contribution in [2.75, 3.05) is 13.1 Å². The molecule has 1 amide bonds. The van der Waals surface area contributed by atoms with Crippen LogP contribution in [0.1, 0.15) is 23.2 Å². The van der Waals surface area contributed by atoms with Crippen LogP contribution in [0.4, 0.5) is 0 Å². The van der Waals surface area contributed by atoms with Crippen molar-refractivity contribution >= 4 is 29.9 Å². The molecule has 2 rings (SSSR count). The largest absolute Gasteiger partial charge is 0.348 e. The van der Waals surface area contributed by atoms with Crippen molar-refractivity contribution in [1.29, 1.82) is 0 Å². The summed E-state index contributed by atoms with van der Waals surface area (Å²) in [6.45, 7) is 1.90. The molecule has 1 fully saturated rings. The fraction of sp³-hybridized carbons (Fsp3) is 0.417. The lowest BCUT2D eigenvalue weighted by Gasteiger charge is -2.23. The molecule has 0 unspecified atom stereocenters. The van der Waals surface area contributed by atoms with Crippen LogP contribution in [0.3, 0.4) is 0 Å². The maximum Gasteiger partial charge on any atom is 0.251 e. The van der Waals surface area contributed by atoms with Crippen LogP contribution in [-0.4, -0.2) is 25.0 Å². The number of hydrogen-bond acceptors (Lipinski definition) is 2. The van der Waals surface area contributed by atoms with Gasteiger partial charge in [-0.05, 0) is 37.6 Å². The van der Waals surface area contributed by atoms with Gasteiger partial charge in [0, 0.05) is 23.2 Å². The highest BCUT2D eigenvalue weighted by molar-refractivity contribution is 6.30. The lowest BCUT2D eigenvalue weighted by Crippen LogP contribution is -2.45. The first-order valence-electron chi connectivity index (χ1n) is 5.53. The Balaban J connectivity index is 0.00000144. The van der Waals surface area contributed by atoms with Gasteiger partial charge in [0.1, 0.15) is 0 Å². The minimum atomic E-state index is -0.0452. The number of rotatable bonds is 2. The first kappa shape index (κ1) is 14.3. The minimum Gasteiger partial charge on any atom is -0.348 e. The number of benzene rings is 1. The summed E-state index contributed by atoms with van der Waals surface area (Å²) in [5.41, 5.74) is 0.623. The Hall–Kier alpha value is -0.770. The second kappa shape index (κ2) is 6.84. The van der Waals surface area contributed by atoms with Crippen molar-refractivity contribution in [3.8, 4) is 0 Å². The first-order chi connectivity index (χ1) is 7.75. The molecule has 0 bridgehead atoms. The zero-order chi connectivity index (χ0) is 11.4.